The third-order valence-electron chi connectivity index (χ3n) is 8.19. The molecule has 4 aliphatic carbocycles. The number of hydrogen-bond donors (Lipinski definition) is 1. The summed E-state index contributed by atoms with van der Waals surface area (Å²) in [6.07, 6.45) is 14.9. The Morgan fingerprint density at radius 1 is 1.23 bits per heavy atom. The molecule has 1 N–H and O–H groups in total. The molecule has 0 aromatic rings. The maximum atomic E-state index is 11.2. The van der Waals surface area contributed by atoms with E-state index >= 15 is 0 Å². The van der Waals surface area contributed by atoms with Gasteiger partial charge in [-0.2, -0.15) is 0 Å². The topological polar surface area (TPSA) is 20.2 Å². The molecule has 0 aromatic heterocycles. The molecule has 0 aromatic carbocycles. The van der Waals surface area contributed by atoms with Crippen LogP contribution in [0.15, 0.2) is 23.3 Å². The Labute approximate surface area is 135 Å². The van der Waals surface area contributed by atoms with E-state index in [9.17, 15) is 5.11 Å². The van der Waals surface area contributed by atoms with E-state index in [2.05, 4.69) is 32.9 Å². The quantitative estimate of drug-likeness (QED) is 0.700. The minimum absolute atomic E-state index is 0.148. The van der Waals surface area contributed by atoms with E-state index in [1.54, 1.807) is 11.1 Å². The third kappa shape index (κ3) is 1.81. The van der Waals surface area contributed by atoms with Crippen molar-refractivity contribution < 1.29 is 5.11 Å². The summed E-state index contributed by atoms with van der Waals surface area (Å²) in [5, 5.41) is 11.2. The van der Waals surface area contributed by atoms with Gasteiger partial charge in [-0.3, -0.25) is 0 Å². The first kappa shape index (κ1) is 15.0. The predicted molar refractivity (Wildman–Crippen MR) is 91.5 cm³/mol. The summed E-state index contributed by atoms with van der Waals surface area (Å²) >= 11 is 0. The lowest BCUT2D eigenvalue weighted by atomic mass is 9.51. The minimum atomic E-state index is -0.410. The van der Waals surface area contributed by atoms with Crippen molar-refractivity contribution in [3.8, 4) is 0 Å². The van der Waals surface area contributed by atoms with Crippen LogP contribution in [0, 0.1) is 29.1 Å². The lowest BCUT2D eigenvalue weighted by Crippen LogP contribution is -2.51. The highest BCUT2D eigenvalue weighted by Crippen LogP contribution is 2.64. The summed E-state index contributed by atoms with van der Waals surface area (Å²) in [6.45, 7) is 6.93. The van der Waals surface area contributed by atoms with E-state index in [0.29, 0.717) is 5.92 Å². The van der Waals surface area contributed by atoms with Gasteiger partial charge in [-0.1, -0.05) is 31.6 Å². The summed E-state index contributed by atoms with van der Waals surface area (Å²) < 4.78 is 0. The molecule has 4 rings (SSSR count). The molecule has 122 valence electrons. The van der Waals surface area contributed by atoms with E-state index in [1.165, 1.54) is 38.5 Å². The fraction of sp³-hybridized carbons (Fsp3) is 0.810. The molecule has 0 radical (unpaired) electrons. The van der Waals surface area contributed by atoms with Gasteiger partial charge in [-0.25, -0.2) is 0 Å². The van der Waals surface area contributed by atoms with Crippen molar-refractivity contribution in [2.45, 2.75) is 77.7 Å². The first-order valence-electron chi connectivity index (χ1n) is 9.61. The highest BCUT2D eigenvalue weighted by atomic mass is 16.3. The van der Waals surface area contributed by atoms with Gasteiger partial charge in [-0.05, 0) is 93.0 Å². The Kier molecular flexibility index (Phi) is 3.39. The van der Waals surface area contributed by atoms with Gasteiger partial charge in [-0.15, -0.1) is 0 Å². The van der Waals surface area contributed by atoms with Gasteiger partial charge in [0.25, 0.3) is 0 Å². The van der Waals surface area contributed by atoms with Crippen molar-refractivity contribution in [1.82, 2.24) is 0 Å². The molecule has 1 nitrogen and oxygen atoms in total. The first-order chi connectivity index (χ1) is 10.5. The Hall–Kier alpha value is -0.560. The molecule has 1 heteroatoms. The van der Waals surface area contributed by atoms with Crippen LogP contribution in [0.5, 0.6) is 0 Å². The van der Waals surface area contributed by atoms with Crippen molar-refractivity contribution in [3.05, 3.63) is 23.3 Å². The SMILES string of the molecule is CC[C@@]1(O)CC[C@H]2[C@@H]3C=C(C)C4=CCCC[C@@H]4[C@H]3CC[C@@]21C. The fourth-order valence-electron chi connectivity index (χ4n) is 6.81. The summed E-state index contributed by atoms with van der Waals surface area (Å²) in [6, 6.07) is 0. The smallest absolute Gasteiger partial charge is 0.0701 e. The Balaban J connectivity index is 1.73. The molecule has 0 heterocycles. The summed E-state index contributed by atoms with van der Waals surface area (Å²) in [5.41, 5.74) is 2.98. The highest BCUT2D eigenvalue weighted by Gasteiger charge is 2.61. The van der Waals surface area contributed by atoms with Crippen molar-refractivity contribution in [3.63, 3.8) is 0 Å². The molecular formula is C21H32O. The van der Waals surface area contributed by atoms with E-state index in [0.717, 1.165) is 30.6 Å². The molecule has 22 heavy (non-hydrogen) atoms. The monoisotopic (exact) mass is 300 g/mol. The molecular weight excluding hydrogens is 268 g/mol. The molecule has 0 aliphatic heterocycles. The Morgan fingerprint density at radius 2 is 2.05 bits per heavy atom. The zero-order valence-corrected chi connectivity index (χ0v) is 14.6. The lowest BCUT2D eigenvalue weighted by Gasteiger charge is -2.54. The van der Waals surface area contributed by atoms with Gasteiger partial charge in [0.1, 0.15) is 0 Å². The number of fused-ring (bicyclic) bond motifs is 5. The van der Waals surface area contributed by atoms with E-state index < -0.39 is 5.60 Å². The van der Waals surface area contributed by atoms with E-state index in [4.69, 9.17) is 0 Å². The summed E-state index contributed by atoms with van der Waals surface area (Å²) in [7, 11) is 0. The number of rotatable bonds is 1. The second-order valence-corrected chi connectivity index (χ2v) is 8.77. The zero-order chi connectivity index (χ0) is 15.5. The molecule has 6 atom stereocenters. The number of aliphatic hydroxyl groups is 1. The Bertz CT molecular complexity index is 530. The molecule has 0 unspecified atom stereocenters. The van der Waals surface area contributed by atoms with Crippen molar-refractivity contribution in [2.75, 3.05) is 0 Å². The molecule has 2 fully saturated rings. The van der Waals surface area contributed by atoms with Crippen LogP contribution in [-0.2, 0) is 0 Å². The molecule has 2 saturated carbocycles. The standard InChI is InChI=1S/C21H32O/c1-4-21(22)12-10-19-18-13-14(2)15-7-5-6-8-16(15)17(18)9-11-20(19,21)3/h7,13,16-19,22H,4-6,8-12H2,1-3H3/t16-,17+,18+,19-,20-,21+/m0/s1. The van der Waals surface area contributed by atoms with Crippen LogP contribution in [0.25, 0.3) is 0 Å². The highest BCUT2D eigenvalue weighted by molar-refractivity contribution is 5.38. The normalized spacial score (nSPS) is 50.5. The van der Waals surface area contributed by atoms with Gasteiger partial charge in [0, 0.05) is 0 Å². The van der Waals surface area contributed by atoms with Crippen LogP contribution in [0.4, 0.5) is 0 Å². The molecule has 0 bridgehead atoms. The van der Waals surface area contributed by atoms with Crippen molar-refractivity contribution in [1.29, 1.82) is 0 Å². The van der Waals surface area contributed by atoms with Gasteiger partial charge in [0.05, 0.1) is 5.60 Å². The van der Waals surface area contributed by atoms with Gasteiger partial charge in [0.2, 0.25) is 0 Å². The average Bonchev–Trinajstić information content (AvgIpc) is 2.80. The lowest BCUT2D eigenvalue weighted by molar-refractivity contribution is -0.108. The third-order valence-corrected chi connectivity index (χ3v) is 8.19. The van der Waals surface area contributed by atoms with Crippen LogP contribution >= 0.6 is 0 Å². The van der Waals surface area contributed by atoms with Crippen LogP contribution in [0.1, 0.15) is 72.1 Å². The Morgan fingerprint density at radius 3 is 2.82 bits per heavy atom. The maximum Gasteiger partial charge on any atom is 0.0701 e. The molecule has 0 spiro atoms. The van der Waals surface area contributed by atoms with Crippen molar-refractivity contribution >= 4 is 0 Å². The number of allylic oxidation sites excluding steroid dienone is 4. The minimum Gasteiger partial charge on any atom is -0.389 e. The van der Waals surface area contributed by atoms with Crippen LogP contribution in [0.3, 0.4) is 0 Å². The van der Waals surface area contributed by atoms with E-state index in [1.807, 2.05) is 0 Å². The van der Waals surface area contributed by atoms with Crippen molar-refractivity contribution in [2.24, 2.45) is 29.1 Å². The average molecular weight is 300 g/mol. The predicted octanol–water partition coefficient (Wildman–Crippen LogP) is 5.26. The summed E-state index contributed by atoms with van der Waals surface area (Å²) in [4.78, 5) is 0. The molecule has 4 aliphatic rings. The van der Waals surface area contributed by atoms with Gasteiger partial charge in [0.15, 0.2) is 0 Å². The molecule has 0 amide bonds. The largest absolute Gasteiger partial charge is 0.389 e. The maximum absolute atomic E-state index is 11.2. The molecule has 0 saturated heterocycles. The van der Waals surface area contributed by atoms with Crippen LogP contribution in [-0.4, -0.2) is 10.7 Å². The fourth-order valence-corrected chi connectivity index (χ4v) is 6.81. The first-order valence-corrected chi connectivity index (χ1v) is 9.61. The van der Waals surface area contributed by atoms with E-state index in [-0.39, 0.29) is 5.41 Å². The second kappa shape index (κ2) is 4.97. The summed E-state index contributed by atoms with van der Waals surface area (Å²) in [5.74, 6) is 3.10. The zero-order valence-electron chi connectivity index (χ0n) is 14.6. The van der Waals surface area contributed by atoms with Gasteiger partial charge < -0.3 is 5.11 Å². The number of hydrogen-bond acceptors (Lipinski definition) is 1. The van der Waals surface area contributed by atoms with Crippen LogP contribution < -0.4 is 0 Å². The van der Waals surface area contributed by atoms with Gasteiger partial charge >= 0.3 is 0 Å². The van der Waals surface area contributed by atoms with Crippen LogP contribution in [0.2, 0.25) is 0 Å². The second-order valence-electron chi connectivity index (χ2n) is 8.77.